The molecule has 1 N–H and O–H groups in total. The van der Waals surface area contributed by atoms with Gasteiger partial charge in [0.2, 0.25) is 5.91 Å². The Morgan fingerprint density at radius 3 is 2.74 bits per heavy atom. The monoisotopic (exact) mass is 443 g/mol. The van der Waals surface area contributed by atoms with Crippen molar-refractivity contribution in [1.82, 2.24) is 19.7 Å². The first kappa shape index (κ1) is 20.3. The van der Waals surface area contributed by atoms with Crippen molar-refractivity contribution < 1.29 is 14.7 Å². The number of amides is 1. The first-order valence-electron chi connectivity index (χ1n) is 10.9. The number of aromatic nitrogens is 3. The highest BCUT2D eigenvalue weighted by Crippen LogP contribution is 2.45. The van der Waals surface area contributed by atoms with Gasteiger partial charge in [-0.2, -0.15) is 5.10 Å². The third-order valence-electron chi connectivity index (χ3n) is 6.93. The maximum atomic E-state index is 13.3. The quantitative estimate of drug-likeness (QED) is 0.781. The van der Waals surface area contributed by atoms with Crippen LogP contribution >= 0.6 is 11.6 Å². The second kappa shape index (κ2) is 7.51. The van der Waals surface area contributed by atoms with Crippen molar-refractivity contribution >= 4 is 29.3 Å². The molecule has 1 aliphatic heterocycles. The van der Waals surface area contributed by atoms with Crippen molar-refractivity contribution in [2.45, 2.75) is 57.5 Å². The van der Waals surface area contributed by atoms with Gasteiger partial charge in [-0.25, -0.2) is 9.78 Å². The summed E-state index contributed by atoms with van der Waals surface area (Å²) < 4.78 is 1.64. The molecule has 2 aromatic rings. The molecular weight excluding hydrogens is 418 g/mol. The third-order valence-corrected chi connectivity index (χ3v) is 7.34. The van der Waals surface area contributed by atoms with Crippen molar-refractivity contribution in [3.05, 3.63) is 39.8 Å². The van der Waals surface area contributed by atoms with Gasteiger partial charge in [0.1, 0.15) is 12.4 Å². The van der Waals surface area contributed by atoms with Crippen molar-refractivity contribution in [3.8, 4) is 0 Å². The Morgan fingerprint density at radius 1 is 1.23 bits per heavy atom. The number of hydrogen-bond acceptors (Lipinski definition) is 5. The zero-order valence-electron chi connectivity index (χ0n) is 17.6. The average Bonchev–Trinajstić information content (AvgIpc) is 3.41. The van der Waals surface area contributed by atoms with Gasteiger partial charge in [0.25, 0.3) is 0 Å². The first-order valence-corrected chi connectivity index (χ1v) is 11.3. The van der Waals surface area contributed by atoms with Crippen LogP contribution in [-0.4, -0.2) is 61.8 Å². The fourth-order valence-corrected chi connectivity index (χ4v) is 5.27. The zero-order valence-corrected chi connectivity index (χ0v) is 18.4. The number of carbonyl (C=O) groups is 2. The van der Waals surface area contributed by atoms with E-state index in [1.54, 1.807) is 16.9 Å². The summed E-state index contributed by atoms with van der Waals surface area (Å²) in [6, 6.07) is 1.79. The van der Waals surface area contributed by atoms with Gasteiger partial charge in [-0.3, -0.25) is 9.48 Å². The normalized spacial score (nSPS) is 19.4. The van der Waals surface area contributed by atoms with E-state index >= 15 is 0 Å². The van der Waals surface area contributed by atoms with Crippen LogP contribution in [0.1, 0.15) is 53.0 Å². The number of halogens is 1. The molecule has 3 heterocycles. The van der Waals surface area contributed by atoms with E-state index in [1.165, 1.54) is 0 Å². The number of piperazine rings is 1. The minimum atomic E-state index is -1.01. The average molecular weight is 444 g/mol. The number of fused-ring (bicyclic) bond motifs is 1. The Kier molecular flexibility index (Phi) is 4.92. The van der Waals surface area contributed by atoms with Crippen LogP contribution in [0, 0.1) is 6.92 Å². The lowest BCUT2D eigenvalue weighted by Crippen LogP contribution is -2.58. The topological polar surface area (TPSA) is 91.6 Å². The number of carboxylic acid groups (broad SMARTS) is 1. The van der Waals surface area contributed by atoms with Crippen molar-refractivity contribution in [3.63, 3.8) is 0 Å². The molecule has 0 aromatic carbocycles. The fourth-order valence-electron chi connectivity index (χ4n) is 5.13. The Labute approximate surface area is 185 Å². The predicted octanol–water partition coefficient (Wildman–Crippen LogP) is 2.70. The fraction of sp³-hybridized carbons (Fsp3) is 0.545. The Balaban J connectivity index is 1.35. The summed E-state index contributed by atoms with van der Waals surface area (Å²) in [6.07, 6.45) is 7.12. The van der Waals surface area contributed by atoms with Crippen molar-refractivity contribution in [1.29, 1.82) is 0 Å². The summed E-state index contributed by atoms with van der Waals surface area (Å²) in [5.41, 5.74) is 2.62. The third kappa shape index (κ3) is 3.46. The summed E-state index contributed by atoms with van der Waals surface area (Å²) in [5.74, 6) is -0.111. The van der Waals surface area contributed by atoms with Crippen LogP contribution in [0.4, 0.5) is 5.82 Å². The maximum Gasteiger partial charge on any atom is 0.356 e. The molecule has 0 bridgehead atoms. The molecule has 1 saturated carbocycles. The van der Waals surface area contributed by atoms with Crippen LogP contribution in [0.25, 0.3) is 0 Å². The highest BCUT2D eigenvalue weighted by molar-refractivity contribution is 6.31. The minimum Gasteiger partial charge on any atom is -0.476 e. The molecule has 0 radical (unpaired) electrons. The van der Waals surface area contributed by atoms with Crippen LogP contribution < -0.4 is 4.90 Å². The molecule has 8 nitrogen and oxygen atoms in total. The molecule has 1 amide bonds. The molecule has 0 atom stereocenters. The molecule has 1 saturated heterocycles. The second-order valence-corrected chi connectivity index (χ2v) is 9.28. The number of carbonyl (C=O) groups excluding carboxylic acids is 1. The number of pyridine rings is 1. The lowest BCUT2D eigenvalue weighted by Gasteiger charge is -2.43. The lowest BCUT2D eigenvalue weighted by molar-refractivity contribution is -0.135. The second-order valence-electron chi connectivity index (χ2n) is 8.88. The molecule has 3 aliphatic rings. The van der Waals surface area contributed by atoms with Gasteiger partial charge in [-0.05, 0) is 51.5 Å². The molecule has 9 heteroatoms. The Morgan fingerprint density at radius 2 is 2.00 bits per heavy atom. The van der Waals surface area contributed by atoms with Gasteiger partial charge in [0.15, 0.2) is 5.69 Å². The van der Waals surface area contributed by atoms with Crippen LogP contribution in [0.5, 0.6) is 0 Å². The SMILES string of the molecule is Cc1c(Cl)ccnc1N1CCN(C(=O)Cn2nc(C(=O)O)c3c2CCCC3)C2(CC2)C1. The summed E-state index contributed by atoms with van der Waals surface area (Å²) in [7, 11) is 0. The molecule has 2 fully saturated rings. The molecular formula is C22H26ClN5O3. The summed E-state index contributed by atoms with van der Waals surface area (Å²) >= 11 is 6.29. The maximum absolute atomic E-state index is 13.3. The first-order chi connectivity index (χ1) is 14.9. The summed E-state index contributed by atoms with van der Waals surface area (Å²) in [4.78, 5) is 33.7. The van der Waals surface area contributed by atoms with Gasteiger partial charge in [-0.1, -0.05) is 11.6 Å². The minimum absolute atomic E-state index is 0.0146. The van der Waals surface area contributed by atoms with Gasteiger partial charge < -0.3 is 14.9 Å². The van der Waals surface area contributed by atoms with Crippen LogP contribution in [-0.2, 0) is 24.2 Å². The van der Waals surface area contributed by atoms with Crippen LogP contribution in [0.2, 0.25) is 5.02 Å². The Hall–Kier alpha value is -2.61. The predicted molar refractivity (Wildman–Crippen MR) is 116 cm³/mol. The van der Waals surface area contributed by atoms with Gasteiger partial charge in [-0.15, -0.1) is 0 Å². The highest BCUT2D eigenvalue weighted by Gasteiger charge is 2.53. The molecule has 0 unspecified atom stereocenters. The highest BCUT2D eigenvalue weighted by atomic mass is 35.5. The van der Waals surface area contributed by atoms with Crippen molar-refractivity contribution in [2.24, 2.45) is 0 Å². The standard InChI is InChI=1S/C22H26ClN5O3/c1-14-16(23)6-9-24-20(14)26-10-11-27(22(13-26)7-8-22)18(29)12-28-17-5-3-2-4-15(17)19(25-28)21(30)31/h6,9H,2-5,7-8,10-13H2,1H3,(H,30,31). The smallest absolute Gasteiger partial charge is 0.356 e. The molecule has 164 valence electrons. The van der Waals surface area contributed by atoms with E-state index in [0.29, 0.717) is 18.1 Å². The molecule has 2 aliphatic carbocycles. The Bertz CT molecular complexity index is 1060. The van der Waals surface area contributed by atoms with E-state index in [1.807, 2.05) is 11.8 Å². The number of anilines is 1. The molecule has 5 rings (SSSR count). The van der Waals surface area contributed by atoms with Crippen LogP contribution in [0.15, 0.2) is 12.3 Å². The number of rotatable bonds is 4. The van der Waals surface area contributed by atoms with Crippen molar-refractivity contribution in [2.75, 3.05) is 24.5 Å². The molecule has 31 heavy (non-hydrogen) atoms. The van der Waals surface area contributed by atoms with E-state index < -0.39 is 5.97 Å². The number of hydrogen-bond donors (Lipinski definition) is 1. The van der Waals surface area contributed by atoms with Crippen LogP contribution in [0.3, 0.4) is 0 Å². The van der Waals surface area contributed by atoms with E-state index in [-0.39, 0.29) is 23.7 Å². The van der Waals surface area contributed by atoms with E-state index in [2.05, 4.69) is 15.0 Å². The number of carboxylic acids is 1. The summed E-state index contributed by atoms with van der Waals surface area (Å²) in [5, 5.41) is 14.5. The van der Waals surface area contributed by atoms with Gasteiger partial charge in [0.05, 0.1) is 5.54 Å². The number of aromatic carboxylic acids is 1. The van der Waals surface area contributed by atoms with Gasteiger partial charge >= 0.3 is 5.97 Å². The zero-order chi connectivity index (χ0) is 21.8. The van der Waals surface area contributed by atoms with E-state index in [0.717, 1.165) is 67.7 Å². The van der Waals surface area contributed by atoms with Gasteiger partial charge in [0, 0.05) is 47.7 Å². The lowest BCUT2D eigenvalue weighted by atomic mass is 9.95. The largest absolute Gasteiger partial charge is 0.476 e. The van der Waals surface area contributed by atoms with E-state index in [4.69, 9.17) is 11.6 Å². The molecule has 2 aromatic heterocycles. The summed E-state index contributed by atoms with van der Waals surface area (Å²) in [6.45, 7) is 4.12. The van der Waals surface area contributed by atoms with E-state index in [9.17, 15) is 14.7 Å². The molecule has 1 spiro atoms. The number of nitrogens with zero attached hydrogens (tertiary/aromatic N) is 5.